The second-order valence-corrected chi connectivity index (χ2v) is 12.6. The fraction of sp³-hybridized carbons (Fsp3) is 0.633. The Labute approximate surface area is 233 Å². The monoisotopic (exact) mass is 557 g/mol. The molecule has 1 aromatic carbocycles. The molecule has 2 aliphatic carbocycles. The topological polar surface area (TPSA) is 87.7 Å². The molecule has 9 heteroatoms. The smallest absolute Gasteiger partial charge is 0.246 e. The first kappa shape index (κ1) is 26.8. The Kier molecular flexibility index (Phi) is 6.99. The van der Waals surface area contributed by atoms with Crippen molar-refractivity contribution in [3.63, 3.8) is 0 Å². The van der Waals surface area contributed by atoms with Gasteiger partial charge in [0.15, 0.2) is 0 Å². The van der Waals surface area contributed by atoms with Crippen LogP contribution in [0.3, 0.4) is 0 Å². The third kappa shape index (κ3) is 4.38. The van der Waals surface area contributed by atoms with Crippen LogP contribution in [0.25, 0.3) is 0 Å². The van der Waals surface area contributed by atoms with Crippen molar-refractivity contribution in [2.75, 3.05) is 5.32 Å². The zero-order valence-electron chi connectivity index (χ0n) is 22.5. The number of anilines is 1. The van der Waals surface area contributed by atoms with Crippen LogP contribution in [0.15, 0.2) is 30.4 Å². The van der Waals surface area contributed by atoms with E-state index in [0.717, 1.165) is 51.4 Å². The summed E-state index contributed by atoms with van der Waals surface area (Å²) < 4.78 is 20.2. The number of likely N-dealkylation sites (tertiary alicyclic amines) is 1. The Hall–Kier alpha value is -2.45. The lowest BCUT2D eigenvalue weighted by atomic mass is 9.73. The van der Waals surface area contributed by atoms with Crippen molar-refractivity contribution in [3.05, 3.63) is 41.2 Å². The standard InChI is InChI=1S/C30H37ClFN3O4/c1-16-7-6-10-22(17(16)2)34-28(37)26-30-14-13-23(39-30)24(27(36)33-18-11-12-21(32)20(31)15-18)25(30)29(38)35(26)19-8-4-3-5-9-19/h11-17,19,22-26H,3-10H2,1-2H3,(H,33,36)(H,34,37)/t16-,17-,22+,23+,24+,25+,26+,30+/m1/s1. The van der Waals surface area contributed by atoms with Crippen LogP contribution in [-0.2, 0) is 19.1 Å². The average molecular weight is 558 g/mol. The van der Waals surface area contributed by atoms with Crippen LogP contribution in [0.5, 0.6) is 0 Å². The van der Waals surface area contributed by atoms with Crippen LogP contribution in [0.2, 0.25) is 5.02 Å². The largest absolute Gasteiger partial charge is 0.359 e. The summed E-state index contributed by atoms with van der Waals surface area (Å²) in [5.41, 5.74) is -0.841. The molecule has 6 rings (SSSR count). The predicted molar refractivity (Wildman–Crippen MR) is 145 cm³/mol. The molecule has 1 aromatic rings. The van der Waals surface area contributed by atoms with Crippen LogP contribution in [0.1, 0.15) is 65.2 Å². The van der Waals surface area contributed by atoms with E-state index in [4.69, 9.17) is 16.3 Å². The molecule has 0 aromatic heterocycles. The molecule has 2 bridgehead atoms. The second-order valence-electron chi connectivity index (χ2n) is 12.2. The molecule has 3 aliphatic heterocycles. The summed E-state index contributed by atoms with van der Waals surface area (Å²) in [4.78, 5) is 43.8. The number of hydrogen-bond acceptors (Lipinski definition) is 4. The van der Waals surface area contributed by atoms with E-state index in [1.54, 1.807) is 4.90 Å². The van der Waals surface area contributed by atoms with Gasteiger partial charge in [-0.15, -0.1) is 0 Å². The summed E-state index contributed by atoms with van der Waals surface area (Å²) in [6.45, 7) is 4.42. The van der Waals surface area contributed by atoms with Crippen LogP contribution in [-0.4, -0.2) is 52.5 Å². The Morgan fingerprint density at radius 3 is 2.59 bits per heavy atom. The summed E-state index contributed by atoms with van der Waals surface area (Å²) in [6, 6.07) is 3.15. The zero-order chi connectivity index (χ0) is 27.5. The molecule has 5 aliphatic rings. The van der Waals surface area contributed by atoms with Crippen LogP contribution in [0.4, 0.5) is 10.1 Å². The van der Waals surface area contributed by atoms with Crippen LogP contribution < -0.4 is 10.6 Å². The van der Waals surface area contributed by atoms with Gasteiger partial charge in [0.25, 0.3) is 0 Å². The number of fused-ring (bicyclic) bond motifs is 1. The summed E-state index contributed by atoms with van der Waals surface area (Å²) in [5, 5.41) is 6.02. The summed E-state index contributed by atoms with van der Waals surface area (Å²) in [5.74, 6) is -2.09. The molecule has 7 nitrogen and oxygen atoms in total. The van der Waals surface area contributed by atoms with Gasteiger partial charge in [0, 0.05) is 17.8 Å². The minimum atomic E-state index is -1.19. The van der Waals surface area contributed by atoms with Gasteiger partial charge in [-0.05, 0) is 49.3 Å². The van der Waals surface area contributed by atoms with Gasteiger partial charge >= 0.3 is 0 Å². The molecule has 2 saturated carbocycles. The lowest BCUT2D eigenvalue weighted by Gasteiger charge is -2.40. The second kappa shape index (κ2) is 10.2. The third-order valence-electron chi connectivity index (χ3n) is 10.1. The zero-order valence-corrected chi connectivity index (χ0v) is 23.3. The molecule has 3 amide bonds. The van der Waals surface area contributed by atoms with Crippen molar-refractivity contribution in [3.8, 4) is 0 Å². The summed E-state index contributed by atoms with van der Waals surface area (Å²) >= 11 is 5.92. The average Bonchev–Trinajstić information content (AvgIpc) is 3.56. The fourth-order valence-electron chi connectivity index (χ4n) is 7.81. The van der Waals surface area contributed by atoms with E-state index in [1.165, 1.54) is 18.2 Å². The van der Waals surface area contributed by atoms with Crippen molar-refractivity contribution in [2.45, 2.75) is 95.0 Å². The number of rotatable bonds is 5. The van der Waals surface area contributed by atoms with E-state index < -0.39 is 41.3 Å². The van der Waals surface area contributed by atoms with Gasteiger partial charge in [0.05, 0.1) is 23.0 Å². The molecule has 0 unspecified atom stereocenters. The van der Waals surface area contributed by atoms with Crippen molar-refractivity contribution < 1.29 is 23.5 Å². The van der Waals surface area contributed by atoms with Gasteiger partial charge in [-0.3, -0.25) is 14.4 Å². The third-order valence-corrected chi connectivity index (χ3v) is 10.3. The molecular formula is C30H37ClFN3O4. The molecule has 0 radical (unpaired) electrons. The van der Waals surface area contributed by atoms with Gasteiger partial charge in [-0.1, -0.05) is 69.7 Å². The maximum absolute atomic E-state index is 14.2. The highest BCUT2D eigenvalue weighted by Gasteiger charge is 2.73. The lowest BCUT2D eigenvalue weighted by molar-refractivity contribution is -0.145. The van der Waals surface area contributed by atoms with E-state index in [9.17, 15) is 18.8 Å². The number of amides is 3. The van der Waals surface area contributed by atoms with Crippen molar-refractivity contribution in [1.29, 1.82) is 0 Å². The Balaban J connectivity index is 1.31. The molecular weight excluding hydrogens is 521 g/mol. The van der Waals surface area contributed by atoms with Crippen molar-refractivity contribution in [1.82, 2.24) is 10.2 Å². The van der Waals surface area contributed by atoms with E-state index >= 15 is 0 Å². The SMILES string of the molecule is C[C@@H]1[C@H](C)CCC[C@@H]1NC(=O)[C@@H]1N(C2CCCCC2)C(=O)[C@@H]2[C@@H](C(=O)Nc3ccc(F)c(Cl)c3)[C@@H]3C=C[C@]21O3. The molecule has 2 saturated heterocycles. The number of nitrogens with one attached hydrogen (secondary N) is 2. The number of ether oxygens (including phenoxy) is 1. The highest BCUT2D eigenvalue weighted by atomic mass is 35.5. The maximum atomic E-state index is 14.2. The predicted octanol–water partition coefficient (Wildman–Crippen LogP) is 4.84. The first-order chi connectivity index (χ1) is 18.7. The minimum Gasteiger partial charge on any atom is -0.359 e. The van der Waals surface area contributed by atoms with E-state index in [2.05, 4.69) is 24.5 Å². The van der Waals surface area contributed by atoms with Crippen molar-refractivity contribution >= 4 is 35.0 Å². The molecule has 8 atom stereocenters. The van der Waals surface area contributed by atoms with E-state index in [0.29, 0.717) is 17.5 Å². The highest BCUT2D eigenvalue weighted by Crippen LogP contribution is 2.56. The van der Waals surface area contributed by atoms with Gasteiger partial charge in [0.1, 0.15) is 17.5 Å². The lowest BCUT2D eigenvalue weighted by Crippen LogP contribution is -2.59. The molecule has 39 heavy (non-hydrogen) atoms. The Bertz CT molecular complexity index is 1200. The van der Waals surface area contributed by atoms with Gasteiger partial charge in [-0.25, -0.2) is 4.39 Å². The highest BCUT2D eigenvalue weighted by molar-refractivity contribution is 6.31. The molecule has 3 heterocycles. The van der Waals surface area contributed by atoms with Gasteiger partial charge in [-0.2, -0.15) is 0 Å². The number of nitrogens with zero attached hydrogens (tertiary/aromatic N) is 1. The van der Waals surface area contributed by atoms with Gasteiger partial charge < -0.3 is 20.3 Å². The van der Waals surface area contributed by atoms with Crippen LogP contribution >= 0.6 is 11.6 Å². The first-order valence-electron chi connectivity index (χ1n) is 14.5. The number of carbonyl (C=O) groups is 3. The van der Waals surface area contributed by atoms with Crippen molar-refractivity contribution in [2.24, 2.45) is 23.7 Å². The molecule has 1 spiro atoms. The molecule has 4 fully saturated rings. The normalized spacial score (nSPS) is 37.7. The fourth-order valence-corrected chi connectivity index (χ4v) is 7.99. The maximum Gasteiger partial charge on any atom is 0.246 e. The molecule has 210 valence electrons. The number of halogens is 2. The Morgan fingerprint density at radius 2 is 1.85 bits per heavy atom. The Morgan fingerprint density at radius 1 is 1.08 bits per heavy atom. The first-order valence-corrected chi connectivity index (χ1v) is 14.8. The van der Waals surface area contributed by atoms with Crippen LogP contribution in [0, 0.1) is 29.5 Å². The summed E-state index contributed by atoms with van der Waals surface area (Å²) in [7, 11) is 0. The van der Waals surface area contributed by atoms with E-state index in [-0.39, 0.29) is 28.9 Å². The number of carbonyl (C=O) groups excluding carboxylic acids is 3. The summed E-state index contributed by atoms with van der Waals surface area (Å²) in [6.07, 6.45) is 11.0. The minimum absolute atomic E-state index is 0.0462. The number of hydrogen-bond donors (Lipinski definition) is 2. The van der Waals surface area contributed by atoms with E-state index in [1.807, 2.05) is 12.2 Å². The van der Waals surface area contributed by atoms with Gasteiger partial charge in [0.2, 0.25) is 17.7 Å². The number of benzene rings is 1. The quantitative estimate of drug-likeness (QED) is 0.507. The molecule has 2 N–H and O–H groups in total.